The Kier molecular flexibility index (Phi) is 5.03. The minimum absolute atomic E-state index is 0.196. The first-order valence-electron chi connectivity index (χ1n) is 11.0. The highest BCUT2D eigenvalue weighted by molar-refractivity contribution is 5.40. The summed E-state index contributed by atoms with van der Waals surface area (Å²) in [4.78, 5) is 11.5. The van der Waals surface area contributed by atoms with E-state index in [9.17, 15) is 0 Å². The lowest BCUT2D eigenvalue weighted by atomic mass is 9.79. The lowest BCUT2D eigenvalue weighted by Crippen LogP contribution is -2.41. The molecule has 2 N–H and O–H groups in total. The van der Waals surface area contributed by atoms with E-state index in [-0.39, 0.29) is 17.7 Å². The van der Waals surface area contributed by atoms with Crippen LogP contribution in [0.1, 0.15) is 64.1 Å². The molecular weight excluding hydrogens is 354 g/mol. The summed E-state index contributed by atoms with van der Waals surface area (Å²) < 4.78 is 12.2. The topological polar surface area (TPSA) is 71.5 Å². The Bertz CT molecular complexity index is 697. The molecule has 154 valence electrons. The van der Waals surface area contributed by atoms with Crippen LogP contribution in [0.2, 0.25) is 0 Å². The summed E-state index contributed by atoms with van der Waals surface area (Å²) in [5.41, 5.74) is 8.34. The molecule has 1 aromatic heterocycles. The monoisotopic (exact) mass is 387 g/mol. The fourth-order valence-electron chi connectivity index (χ4n) is 5.20. The Morgan fingerprint density at radius 2 is 2.18 bits per heavy atom. The second-order valence-corrected chi connectivity index (χ2v) is 9.05. The van der Waals surface area contributed by atoms with Gasteiger partial charge in [-0.1, -0.05) is 6.92 Å². The summed E-state index contributed by atoms with van der Waals surface area (Å²) in [6.07, 6.45) is 9.38. The molecule has 0 amide bonds. The largest absolute Gasteiger partial charge is 0.375 e. The zero-order valence-corrected chi connectivity index (χ0v) is 17.1. The standard InChI is InChI=1S/C21H33N5O2/c1-3-21(6-7-21)28-15-4-5-17-16(10-15)20(25-24-17)18-11-19(23-13-22-18)26-8-9-27-14(2)12-26/h11,13-17,20,24-25H,3-10,12H2,1-2H3/t14-,15?,16?,17?,20?/m1/s1. The zero-order chi connectivity index (χ0) is 19.1. The Morgan fingerprint density at radius 3 is 2.96 bits per heavy atom. The summed E-state index contributed by atoms with van der Waals surface area (Å²) in [6.45, 7) is 6.90. The maximum absolute atomic E-state index is 6.55. The van der Waals surface area contributed by atoms with Crippen LogP contribution in [0.4, 0.5) is 5.82 Å². The van der Waals surface area contributed by atoms with Gasteiger partial charge >= 0.3 is 0 Å². The highest BCUT2D eigenvalue weighted by Crippen LogP contribution is 2.47. The Morgan fingerprint density at radius 1 is 1.29 bits per heavy atom. The van der Waals surface area contributed by atoms with Gasteiger partial charge in [-0.25, -0.2) is 15.4 Å². The minimum atomic E-state index is 0.196. The summed E-state index contributed by atoms with van der Waals surface area (Å²) in [5, 5.41) is 0. The first kappa shape index (κ1) is 18.7. The van der Waals surface area contributed by atoms with E-state index in [2.05, 4.69) is 45.6 Å². The van der Waals surface area contributed by atoms with Crippen LogP contribution in [0.5, 0.6) is 0 Å². The van der Waals surface area contributed by atoms with E-state index in [1.165, 1.54) is 12.8 Å². The average molecular weight is 388 g/mol. The predicted octanol–water partition coefficient (Wildman–Crippen LogP) is 2.35. The normalized spacial score (nSPS) is 36.9. The molecule has 2 aliphatic carbocycles. The average Bonchev–Trinajstić information content (AvgIpc) is 3.37. The lowest BCUT2D eigenvalue weighted by molar-refractivity contribution is -0.0603. The van der Waals surface area contributed by atoms with Crippen molar-refractivity contribution in [3.05, 3.63) is 18.1 Å². The van der Waals surface area contributed by atoms with Crippen molar-refractivity contribution in [2.24, 2.45) is 5.92 Å². The number of rotatable bonds is 5. The highest BCUT2D eigenvalue weighted by Gasteiger charge is 2.47. The number of hydrogen-bond donors (Lipinski definition) is 2. The molecule has 0 spiro atoms. The number of hydrazine groups is 1. The van der Waals surface area contributed by atoms with Crippen molar-refractivity contribution in [2.45, 2.75) is 82.3 Å². The quantitative estimate of drug-likeness (QED) is 0.803. The van der Waals surface area contributed by atoms with Crippen LogP contribution in [0.25, 0.3) is 0 Å². The van der Waals surface area contributed by atoms with Crippen molar-refractivity contribution < 1.29 is 9.47 Å². The van der Waals surface area contributed by atoms with E-state index in [0.717, 1.165) is 56.9 Å². The molecule has 4 fully saturated rings. The highest BCUT2D eigenvalue weighted by atomic mass is 16.5. The molecule has 0 radical (unpaired) electrons. The third-order valence-corrected chi connectivity index (χ3v) is 7.13. The second kappa shape index (κ2) is 7.52. The van der Waals surface area contributed by atoms with Crippen LogP contribution in [0.3, 0.4) is 0 Å². The fraction of sp³-hybridized carbons (Fsp3) is 0.810. The molecule has 5 rings (SSSR count). The summed E-state index contributed by atoms with van der Waals surface area (Å²) in [6, 6.07) is 2.88. The molecule has 7 heteroatoms. The van der Waals surface area contributed by atoms with Crippen molar-refractivity contribution in [2.75, 3.05) is 24.6 Å². The second-order valence-electron chi connectivity index (χ2n) is 9.05. The number of anilines is 1. The van der Waals surface area contributed by atoms with Gasteiger partial charge in [0.15, 0.2) is 0 Å². The molecular formula is C21H33N5O2. The molecule has 4 unspecified atom stereocenters. The lowest BCUT2D eigenvalue weighted by Gasteiger charge is -2.35. The molecule has 5 atom stereocenters. The van der Waals surface area contributed by atoms with Gasteiger partial charge in [-0.3, -0.25) is 5.43 Å². The van der Waals surface area contributed by atoms with Crippen molar-refractivity contribution in [3.63, 3.8) is 0 Å². The van der Waals surface area contributed by atoms with Gasteiger partial charge in [0.1, 0.15) is 12.1 Å². The van der Waals surface area contributed by atoms with Crippen molar-refractivity contribution in [1.82, 2.24) is 20.8 Å². The van der Waals surface area contributed by atoms with Gasteiger partial charge in [-0.2, -0.15) is 0 Å². The van der Waals surface area contributed by atoms with E-state index in [4.69, 9.17) is 9.47 Å². The Hall–Kier alpha value is -1.28. The number of morpholine rings is 1. The van der Waals surface area contributed by atoms with E-state index in [1.807, 2.05) is 0 Å². The van der Waals surface area contributed by atoms with Gasteiger partial charge in [0.2, 0.25) is 0 Å². The first-order valence-corrected chi connectivity index (χ1v) is 11.0. The molecule has 0 bridgehead atoms. The fourth-order valence-corrected chi connectivity index (χ4v) is 5.20. The molecule has 2 saturated heterocycles. The molecule has 2 saturated carbocycles. The van der Waals surface area contributed by atoms with Gasteiger partial charge in [0.05, 0.1) is 36.2 Å². The number of hydrogen-bond acceptors (Lipinski definition) is 7. The van der Waals surface area contributed by atoms with Crippen LogP contribution >= 0.6 is 0 Å². The Balaban J connectivity index is 1.30. The van der Waals surface area contributed by atoms with E-state index >= 15 is 0 Å². The van der Waals surface area contributed by atoms with Gasteiger partial charge in [-0.05, 0) is 45.4 Å². The number of ether oxygens (including phenoxy) is 2. The van der Waals surface area contributed by atoms with Crippen LogP contribution < -0.4 is 15.8 Å². The number of nitrogens with one attached hydrogen (secondary N) is 2. The van der Waals surface area contributed by atoms with Crippen molar-refractivity contribution >= 4 is 5.82 Å². The maximum Gasteiger partial charge on any atom is 0.132 e. The summed E-state index contributed by atoms with van der Waals surface area (Å²) in [5.74, 6) is 1.52. The van der Waals surface area contributed by atoms with Gasteiger partial charge in [0.25, 0.3) is 0 Å². The van der Waals surface area contributed by atoms with E-state index in [0.29, 0.717) is 18.1 Å². The minimum Gasteiger partial charge on any atom is -0.375 e. The van der Waals surface area contributed by atoms with E-state index in [1.54, 1.807) is 6.33 Å². The predicted molar refractivity (Wildman–Crippen MR) is 107 cm³/mol. The van der Waals surface area contributed by atoms with Crippen molar-refractivity contribution in [3.8, 4) is 0 Å². The summed E-state index contributed by atoms with van der Waals surface area (Å²) >= 11 is 0. The third kappa shape index (κ3) is 3.65. The van der Waals surface area contributed by atoms with Gasteiger partial charge in [-0.15, -0.1) is 0 Å². The smallest absolute Gasteiger partial charge is 0.132 e. The third-order valence-electron chi connectivity index (χ3n) is 7.13. The van der Waals surface area contributed by atoms with Crippen molar-refractivity contribution in [1.29, 1.82) is 0 Å². The van der Waals surface area contributed by atoms with Crippen LogP contribution in [0, 0.1) is 5.92 Å². The number of fused-ring (bicyclic) bond motifs is 1. The first-order chi connectivity index (χ1) is 13.7. The number of nitrogens with zero attached hydrogens (tertiary/aromatic N) is 3. The molecule has 0 aromatic carbocycles. The molecule has 4 aliphatic rings. The Labute approximate surface area is 167 Å². The van der Waals surface area contributed by atoms with Crippen LogP contribution in [0.15, 0.2) is 12.4 Å². The zero-order valence-electron chi connectivity index (χ0n) is 17.1. The van der Waals surface area contributed by atoms with E-state index < -0.39 is 0 Å². The molecule has 7 nitrogen and oxygen atoms in total. The summed E-state index contributed by atoms with van der Waals surface area (Å²) in [7, 11) is 0. The molecule has 28 heavy (non-hydrogen) atoms. The van der Waals surface area contributed by atoms with Gasteiger partial charge < -0.3 is 14.4 Å². The van der Waals surface area contributed by atoms with Crippen LogP contribution in [-0.2, 0) is 9.47 Å². The molecule has 2 aliphatic heterocycles. The van der Waals surface area contributed by atoms with Crippen LogP contribution in [-0.4, -0.2) is 53.5 Å². The maximum atomic E-state index is 6.55. The SMILES string of the molecule is CCC1(OC2CCC3NNC(c4cc(N5CCO[C@H](C)C5)ncn4)C3C2)CC1. The van der Waals surface area contributed by atoms with Gasteiger partial charge in [0, 0.05) is 31.1 Å². The number of aromatic nitrogens is 2. The molecule has 1 aromatic rings. The molecule has 3 heterocycles.